The van der Waals surface area contributed by atoms with Crippen molar-refractivity contribution in [2.45, 2.75) is 6.92 Å². The lowest BCUT2D eigenvalue weighted by Crippen LogP contribution is -2.10. The van der Waals surface area contributed by atoms with Crippen molar-refractivity contribution in [3.63, 3.8) is 0 Å². The molecule has 2 heterocycles. The minimum Gasteiger partial charge on any atom is -0.493 e. The van der Waals surface area contributed by atoms with Crippen LogP contribution in [0.4, 0.5) is 5.82 Å². The van der Waals surface area contributed by atoms with Crippen molar-refractivity contribution in [2.75, 3.05) is 39.3 Å². The molecule has 0 radical (unpaired) electrons. The number of rotatable bonds is 8. The molecule has 132 valence electrons. The first kappa shape index (κ1) is 17.0. The fraction of sp³-hybridized carbons (Fsp3) is 0.333. The van der Waals surface area contributed by atoms with Crippen LogP contribution in [0.15, 0.2) is 36.8 Å². The second-order valence-corrected chi connectivity index (χ2v) is 5.33. The summed E-state index contributed by atoms with van der Waals surface area (Å²) in [6.45, 7) is 3.80. The molecule has 0 atom stereocenters. The highest BCUT2D eigenvalue weighted by Crippen LogP contribution is 2.35. The van der Waals surface area contributed by atoms with Crippen molar-refractivity contribution in [1.82, 2.24) is 14.4 Å². The van der Waals surface area contributed by atoms with E-state index in [0.717, 1.165) is 22.7 Å². The summed E-state index contributed by atoms with van der Waals surface area (Å²) < 4.78 is 18.2. The standard InChI is InChI=1S/C18H22N4O3/c1-4-25-14-6-5-13(11-15(14)24-3)17-18(20-8-10-23-2)22-9-7-19-12-16(22)21-17/h5-7,9,11-12,20H,4,8,10H2,1-3H3. The van der Waals surface area contributed by atoms with Gasteiger partial charge in [0.15, 0.2) is 17.1 Å². The average molecular weight is 342 g/mol. The molecule has 0 unspecified atom stereocenters. The Labute approximate surface area is 146 Å². The van der Waals surface area contributed by atoms with Crippen molar-refractivity contribution in [3.05, 3.63) is 36.8 Å². The third-order valence-corrected chi connectivity index (χ3v) is 3.77. The van der Waals surface area contributed by atoms with Crippen molar-refractivity contribution in [3.8, 4) is 22.8 Å². The monoisotopic (exact) mass is 342 g/mol. The van der Waals surface area contributed by atoms with E-state index in [1.165, 1.54) is 0 Å². The fourth-order valence-electron chi connectivity index (χ4n) is 2.64. The van der Waals surface area contributed by atoms with Gasteiger partial charge >= 0.3 is 0 Å². The first-order valence-corrected chi connectivity index (χ1v) is 8.14. The van der Waals surface area contributed by atoms with Crippen molar-refractivity contribution >= 4 is 11.5 Å². The maximum Gasteiger partial charge on any atom is 0.161 e. The van der Waals surface area contributed by atoms with Crippen LogP contribution in [0.1, 0.15) is 6.92 Å². The molecule has 1 aromatic carbocycles. The smallest absolute Gasteiger partial charge is 0.161 e. The molecule has 0 aliphatic heterocycles. The molecule has 7 nitrogen and oxygen atoms in total. The Kier molecular flexibility index (Phi) is 5.35. The quantitative estimate of drug-likeness (QED) is 0.635. The van der Waals surface area contributed by atoms with Gasteiger partial charge in [0.25, 0.3) is 0 Å². The summed E-state index contributed by atoms with van der Waals surface area (Å²) in [5, 5.41) is 3.39. The van der Waals surface area contributed by atoms with Gasteiger partial charge in [0.2, 0.25) is 0 Å². The lowest BCUT2D eigenvalue weighted by molar-refractivity contribution is 0.210. The highest BCUT2D eigenvalue weighted by molar-refractivity contribution is 5.77. The Bertz CT molecular complexity index is 847. The molecule has 7 heteroatoms. The summed E-state index contributed by atoms with van der Waals surface area (Å²) in [5.74, 6) is 2.28. The zero-order valence-corrected chi connectivity index (χ0v) is 14.7. The number of methoxy groups -OCH3 is 2. The van der Waals surface area contributed by atoms with Crippen LogP contribution in [0.2, 0.25) is 0 Å². The fourth-order valence-corrected chi connectivity index (χ4v) is 2.64. The van der Waals surface area contributed by atoms with E-state index in [9.17, 15) is 0 Å². The highest BCUT2D eigenvalue weighted by atomic mass is 16.5. The molecule has 25 heavy (non-hydrogen) atoms. The molecule has 0 aliphatic carbocycles. The molecule has 0 fully saturated rings. The van der Waals surface area contributed by atoms with Gasteiger partial charge in [0.1, 0.15) is 11.5 Å². The number of benzene rings is 1. The van der Waals surface area contributed by atoms with Crippen LogP contribution in [0.3, 0.4) is 0 Å². The second kappa shape index (κ2) is 7.85. The number of fused-ring (bicyclic) bond motifs is 1. The van der Waals surface area contributed by atoms with Gasteiger partial charge in [-0.3, -0.25) is 9.38 Å². The lowest BCUT2D eigenvalue weighted by atomic mass is 10.1. The van der Waals surface area contributed by atoms with Gasteiger partial charge in [-0.2, -0.15) is 0 Å². The predicted octanol–water partition coefficient (Wildman–Crippen LogP) is 2.86. The normalized spacial score (nSPS) is 10.8. The Balaban J connectivity index is 2.06. The molecule has 0 bridgehead atoms. The van der Waals surface area contributed by atoms with E-state index in [-0.39, 0.29) is 0 Å². The summed E-state index contributed by atoms with van der Waals surface area (Å²) in [5.41, 5.74) is 2.53. The number of nitrogens with one attached hydrogen (secondary N) is 1. The number of anilines is 1. The zero-order valence-electron chi connectivity index (χ0n) is 14.7. The molecule has 0 saturated heterocycles. The van der Waals surface area contributed by atoms with Gasteiger partial charge in [-0.05, 0) is 25.1 Å². The van der Waals surface area contributed by atoms with Crippen LogP contribution in [0.25, 0.3) is 16.9 Å². The lowest BCUT2D eigenvalue weighted by Gasteiger charge is -2.12. The molecular weight excluding hydrogens is 320 g/mol. The molecule has 3 rings (SSSR count). The molecule has 0 amide bonds. The van der Waals surface area contributed by atoms with E-state index in [4.69, 9.17) is 19.2 Å². The van der Waals surface area contributed by atoms with Gasteiger partial charge in [0.05, 0.1) is 26.5 Å². The van der Waals surface area contributed by atoms with Crippen LogP contribution in [0.5, 0.6) is 11.5 Å². The summed E-state index contributed by atoms with van der Waals surface area (Å²) in [4.78, 5) is 8.86. The molecule has 3 aromatic rings. The summed E-state index contributed by atoms with van der Waals surface area (Å²) in [7, 11) is 3.31. The number of nitrogens with zero attached hydrogens (tertiary/aromatic N) is 3. The molecule has 0 spiro atoms. The van der Waals surface area contributed by atoms with Gasteiger partial charge in [-0.1, -0.05) is 0 Å². The van der Waals surface area contributed by atoms with E-state index in [0.29, 0.717) is 31.3 Å². The second-order valence-electron chi connectivity index (χ2n) is 5.33. The zero-order chi connectivity index (χ0) is 17.6. The largest absolute Gasteiger partial charge is 0.493 e. The van der Waals surface area contributed by atoms with Crippen molar-refractivity contribution < 1.29 is 14.2 Å². The topological polar surface area (TPSA) is 69.9 Å². The maximum absolute atomic E-state index is 5.59. The number of hydrogen-bond acceptors (Lipinski definition) is 6. The van der Waals surface area contributed by atoms with Crippen LogP contribution in [0, 0.1) is 0 Å². The van der Waals surface area contributed by atoms with Gasteiger partial charge < -0.3 is 19.5 Å². The highest BCUT2D eigenvalue weighted by Gasteiger charge is 2.16. The third-order valence-electron chi connectivity index (χ3n) is 3.77. The Morgan fingerprint density at radius 3 is 2.84 bits per heavy atom. The molecule has 2 aromatic heterocycles. The van der Waals surface area contributed by atoms with E-state index in [2.05, 4.69) is 10.3 Å². The SMILES string of the molecule is CCOc1ccc(-c2nc3cnccn3c2NCCOC)cc1OC. The molecule has 0 aliphatic rings. The first-order valence-electron chi connectivity index (χ1n) is 8.14. The molecule has 1 N–H and O–H groups in total. The van der Waals surface area contributed by atoms with E-state index < -0.39 is 0 Å². The summed E-state index contributed by atoms with van der Waals surface area (Å²) in [6, 6.07) is 5.81. The van der Waals surface area contributed by atoms with Gasteiger partial charge in [-0.25, -0.2) is 4.98 Å². The summed E-state index contributed by atoms with van der Waals surface area (Å²) >= 11 is 0. The average Bonchev–Trinajstić information content (AvgIpc) is 3.01. The van der Waals surface area contributed by atoms with Crippen LogP contribution in [-0.2, 0) is 4.74 Å². The Morgan fingerprint density at radius 2 is 2.08 bits per heavy atom. The predicted molar refractivity (Wildman–Crippen MR) is 96.5 cm³/mol. The molecule has 0 saturated carbocycles. The third kappa shape index (κ3) is 3.51. The number of ether oxygens (including phenoxy) is 3. The van der Waals surface area contributed by atoms with Gasteiger partial charge in [-0.15, -0.1) is 0 Å². The maximum atomic E-state index is 5.59. The number of hydrogen-bond donors (Lipinski definition) is 1. The Hall–Kier alpha value is -2.80. The molecular formula is C18H22N4O3. The van der Waals surface area contributed by atoms with Crippen molar-refractivity contribution in [1.29, 1.82) is 0 Å². The van der Waals surface area contributed by atoms with Crippen LogP contribution >= 0.6 is 0 Å². The van der Waals surface area contributed by atoms with Crippen LogP contribution < -0.4 is 14.8 Å². The van der Waals surface area contributed by atoms with Crippen LogP contribution in [-0.4, -0.2) is 48.3 Å². The summed E-state index contributed by atoms with van der Waals surface area (Å²) in [6.07, 6.45) is 5.35. The minimum absolute atomic E-state index is 0.583. The van der Waals surface area contributed by atoms with E-state index in [1.54, 1.807) is 26.6 Å². The minimum atomic E-state index is 0.583. The number of imidazole rings is 1. The van der Waals surface area contributed by atoms with Crippen molar-refractivity contribution in [2.24, 2.45) is 0 Å². The number of aromatic nitrogens is 3. The van der Waals surface area contributed by atoms with Gasteiger partial charge in [0, 0.05) is 31.6 Å². The van der Waals surface area contributed by atoms with E-state index >= 15 is 0 Å². The first-order chi connectivity index (χ1) is 12.3. The van der Waals surface area contributed by atoms with E-state index in [1.807, 2.05) is 35.7 Å². The Morgan fingerprint density at radius 1 is 1.20 bits per heavy atom.